The Balaban J connectivity index is 2.39. The number of halogens is 3. The third-order valence-corrected chi connectivity index (χ3v) is 4.35. The summed E-state index contributed by atoms with van der Waals surface area (Å²) in [7, 11) is 0. The van der Waals surface area contributed by atoms with E-state index < -0.39 is 0 Å². The molecule has 0 fully saturated rings. The van der Waals surface area contributed by atoms with Crippen LogP contribution in [-0.2, 0) is 5.88 Å². The number of fused-ring (bicyclic) bond motifs is 1. The zero-order chi connectivity index (χ0) is 15.0. The quantitative estimate of drug-likeness (QED) is 0.532. The lowest BCUT2D eigenvalue weighted by Gasteiger charge is -2.10. The molecule has 0 spiro atoms. The highest BCUT2D eigenvalue weighted by atomic mass is 79.9. The molecule has 0 saturated carbocycles. The van der Waals surface area contributed by atoms with Crippen LogP contribution in [0.5, 0.6) is 0 Å². The van der Waals surface area contributed by atoms with Crippen molar-refractivity contribution in [2.45, 2.75) is 5.88 Å². The van der Waals surface area contributed by atoms with Crippen LogP contribution in [0.3, 0.4) is 0 Å². The maximum absolute atomic E-state index is 9.39. The first-order valence-corrected chi connectivity index (χ1v) is 8.19. The van der Waals surface area contributed by atoms with E-state index in [0.717, 1.165) is 25.7 Å². The topological polar surface area (TPSA) is 41.6 Å². The molecule has 3 nitrogen and oxygen atoms in total. The second kappa shape index (κ2) is 5.80. The fourth-order valence-corrected chi connectivity index (χ4v) is 3.14. The Bertz CT molecular complexity index is 880. The summed E-state index contributed by atoms with van der Waals surface area (Å²) in [4.78, 5) is 4.54. The van der Waals surface area contributed by atoms with E-state index in [1.165, 1.54) is 0 Å². The number of alkyl halides is 1. The van der Waals surface area contributed by atoms with Gasteiger partial charge in [-0.3, -0.25) is 4.57 Å². The lowest BCUT2D eigenvalue weighted by atomic mass is 10.2. The third-order valence-electron chi connectivity index (χ3n) is 3.13. The number of nitriles is 1. The number of aromatic nitrogens is 2. The molecule has 0 atom stereocenters. The summed E-state index contributed by atoms with van der Waals surface area (Å²) in [6.07, 6.45) is 0. The summed E-state index contributed by atoms with van der Waals surface area (Å²) >= 11 is 12.9. The second-order valence-electron chi connectivity index (χ2n) is 4.40. The molecule has 0 radical (unpaired) electrons. The lowest BCUT2D eigenvalue weighted by Crippen LogP contribution is -2.02. The number of nitrogens with zero attached hydrogens (tertiary/aromatic N) is 3. The number of hydrogen-bond acceptors (Lipinski definition) is 2. The van der Waals surface area contributed by atoms with Crippen LogP contribution in [0.1, 0.15) is 11.4 Å². The largest absolute Gasteiger partial charge is 0.294 e. The van der Waals surface area contributed by atoms with Crippen molar-refractivity contribution in [1.29, 1.82) is 5.26 Å². The van der Waals surface area contributed by atoms with Gasteiger partial charge in [0.15, 0.2) is 0 Å². The highest BCUT2D eigenvalue weighted by molar-refractivity contribution is 9.10. The van der Waals surface area contributed by atoms with Crippen molar-refractivity contribution in [3.63, 3.8) is 0 Å². The number of rotatable bonds is 2. The molecule has 0 aliphatic carbocycles. The molecule has 21 heavy (non-hydrogen) atoms. The smallest absolute Gasteiger partial charge is 0.129 e. The monoisotopic (exact) mass is 423 g/mol. The molecule has 0 aliphatic heterocycles. The molecule has 104 valence electrons. The van der Waals surface area contributed by atoms with Gasteiger partial charge in [0.05, 0.1) is 28.2 Å². The van der Waals surface area contributed by atoms with Gasteiger partial charge in [-0.15, -0.1) is 11.6 Å². The van der Waals surface area contributed by atoms with Gasteiger partial charge in [0.2, 0.25) is 0 Å². The van der Waals surface area contributed by atoms with Crippen LogP contribution in [0.4, 0.5) is 0 Å². The van der Waals surface area contributed by atoms with E-state index in [4.69, 9.17) is 11.6 Å². The fraction of sp³-hybridized carbons (Fsp3) is 0.0667. The normalized spacial score (nSPS) is 10.8. The molecule has 3 aromatic rings. The predicted octanol–water partition coefficient (Wildman–Crippen LogP) is 5.16. The van der Waals surface area contributed by atoms with Gasteiger partial charge >= 0.3 is 0 Å². The van der Waals surface area contributed by atoms with Crippen LogP contribution in [-0.4, -0.2) is 9.55 Å². The van der Waals surface area contributed by atoms with Crippen LogP contribution in [0.25, 0.3) is 16.7 Å². The second-order valence-corrected chi connectivity index (χ2v) is 6.50. The minimum absolute atomic E-state index is 0.271. The van der Waals surface area contributed by atoms with Gasteiger partial charge in [-0.1, -0.05) is 31.9 Å². The van der Waals surface area contributed by atoms with Gasteiger partial charge in [-0.25, -0.2) is 4.98 Å². The van der Waals surface area contributed by atoms with E-state index in [0.29, 0.717) is 11.4 Å². The van der Waals surface area contributed by atoms with Crippen molar-refractivity contribution < 1.29 is 0 Å². The summed E-state index contributed by atoms with van der Waals surface area (Å²) < 4.78 is 3.74. The van der Waals surface area contributed by atoms with Crippen LogP contribution in [0.15, 0.2) is 45.3 Å². The first-order valence-electron chi connectivity index (χ1n) is 6.07. The molecular weight excluding hydrogens is 417 g/mol. The van der Waals surface area contributed by atoms with Crippen molar-refractivity contribution in [2.75, 3.05) is 0 Å². The average Bonchev–Trinajstić information content (AvgIpc) is 2.84. The third kappa shape index (κ3) is 2.59. The van der Waals surface area contributed by atoms with Gasteiger partial charge in [0.1, 0.15) is 11.9 Å². The van der Waals surface area contributed by atoms with Crippen molar-refractivity contribution in [1.82, 2.24) is 9.55 Å². The van der Waals surface area contributed by atoms with E-state index in [-0.39, 0.29) is 5.88 Å². The number of hydrogen-bond donors (Lipinski definition) is 0. The highest BCUT2D eigenvalue weighted by Gasteiger charge is 2.15. The molecule has 3 rings (SSSR count). The molecule has 0 aliphatic rings. The standard InChI is InChI=1S/C15H8Br2ClN3/c16-10-2-4-13(9(5-10)8-19)21-14-6-11(17)1-3-12(14)20-15(21)7-18/h1-6H,7H2. The first-order chi connectivity index (χ1) is 10.1. The van der Waals surface area contributed by atoms with E-state index in [2.05, 4.69) is 42.9 Å². The molecule has 2 aromatic carbocycles. The maximum atomic E-state index is 9.39. The fourth-order valence-electron chi connectivity index (χ4n) is 2.25. The minimum Gasteiger partial charge on any atom is -0.294 e. The zero-order valence-electron chi connectivity index (χ0n) is 10.6. The summed E-state index contributed by atoms with van der Waals surface area (Å²) in [5.41, 5.74) is 3.10. The molecule has 0 unspecified atom stereocenters. The Morgan fingerprint density at radius 1 is 1.14 bits per heavy atom. The Kier molecular flexibility index (Phi) is 4.03. The van der Waals surface area contributed by atoms with E-state index in [1.807, 2.05) is 34.9 Å². The number of benzene rings is 2. The van der Waals surface area contributed by atoms with Crippen molar-refractivity contribution in [3.05, 3.63) is 56.7 Å². The van der Waals surface area contributed by atoms with Crippen molar-refractivity contribution in [2.24, 2.45) is 0 Å². The Hall–Kier alpha value is -1.35. The van der Waals surface area contributed by atoms with Gasteiger partial charge in [0.25, 0.3) is 0 Å². The minimum atomic E-state index is 0.271. The average molecular weight is 426 g/mol. The van der Waals surface area contributed by atoms with Gasteiger partial charge in [-0.05, 0) is 36.4 Å². The summed E-state index contributed by atoms with van der Waals surface area (Å²) in [5.74, 6) is 0.983. The van der Waals surface area contributed by atoms with E-state index in [9.17, 15) is 5.26 Å². The van der Waals surface area contributed by atoms with Crippen LogP contribution in [0.2, 0.25) is 0 Å². The molecule has 0 amide bonds. The van der Waals surface area contributed by atoms with Crippen LogP contribution in [0, 0.1) is 11.3 Å². The van der Waals surface area contributed by atoms with Crippen molar-refractivity contribution in [3.8, 4) is 11.8 Å². The molecule has 0 saturated heterocycles. The first kappa shape index (κ1) is 14.6. The highest BCUT2D eigenvalue weighted by Crippen LogP contribution is 2.28. The molecule has 0 N–H and O–H groups in total. The van der Waals surface area contributed by atoms with E-state index >= 15 is 0 Å². The summed E-state index contributed by atoms with van der Waals surface area (Å²) in [6.45, 7) is 0. The molecule has 1 heterocycles. The lowest BCUT2D eigenvalue weighted by molar-refractivity contribution is 0.977. The SMILES string of the molecule is N#Cc1cc(Br)ccc1-n1c(CCl)nc2ccc(Br)cc21. The molecule has 6 heteroatoms. The Morgan fingerprint density at radius 2 is 1.86 bits per heavy atom. The van der Waals surface area contributed by atoms with Gasteiger partial charge in [0, 0.05) is 8.95 Å². The van der Waals surface area contributed by atoms with Crippen LogP contribution >= 0.6 is 43.5 Å². The van der Waals surface area contributed by atoms with Gasteiger partial charge in [-0.2, -0.15) is 5.26 Å². The van der Waals surface area contributed by atoms with E-state index in [1.54, 1.807) is 6.07 Å². The summed E-state index contributed by atoms with van der Waals surface area (Å²) in [5, 5.41) is 9.39. The van der Waals surface area contributed by atoms with Gasteiger partial charge < -0.3 is 0 Å². The van der Waals surface area contributed by atoms with Crippen molar-refractivity contribution >= 4 is 54.5 Å². The Labute approximate surface area is 143 Å². The van der Waals surface area contributed by atoms with Crippen LogP contribution < -0.4 is 0 Å². The molecular formula is C15H8Br2ClN3. The maximum Gasteiger partial charge on any atom is 0.129 e. The summed E-state index contributed by atoms with van der Waals surface area (Å²) in [6, 6.07) is 13.6. The molecule has 0 bridgehead atoms. The number of imidazole rings is 1. The Morgan fingerprint density at radius 3 is 2.57 bits per heavy atom. The zero-order valence-corrected chi connectivity index (χ0v) is 14.6. The predicted molar refractivity (Wildman–Crippen MR) is 90.7 cm³/mol. The molecule has 1 aromatic heterocycles.